The van der Waals surface area contributed by atoms with E-state index in [9.17, 15) is 4.39 Å². The summed E-state index contributed by atoms with van der Waals surface area (Å²) in [6.45, 7) is 0. The number of halogens is 1. The van der Waals surface area contributed by atoms with Crippen molar-refractivity contribution in [3.63, 3.8) is 0 Å². The van der Waals surface area contributed by atoms with Crippen molar-refractivity contribution < 1.29 is 4.39 Å². The first kappa shape index (κ1) is 13.5. The lowest BCUT2D eigenvalue weighted by atomic mass is 10.1. The van der Waals surface area contributed by atoms with Crippen LogP contribution in [0.2, 0.25) is 0 Å². The summed E-state index contributed by atoms with van der Waals surface area (Å²) in [6, 6.07) is 16.8. The largest absolute Gasteiger partial charge is 0.262 e. The van der Waals surface area contributed by atoms with E-state index in [1.807, 2.05) is 24.6 Å². The van der Waals surface area contributed by atoms with E-state index < -0.39 is 0 Å². The van der Waals surface area contributed by atoms with Gasteiger partial charge in [0.1, 0.15) is 11.6 Å². The number of aromatic amines is 1. The molecule has 105 valence electrons. The molecule has 2 aromatic carbocycles. The molecule has 3 aromatic rings. The third-order valence-electron chi connectivity index (χ3n) is 3.23. The monoisotopic (exact) mass is 280 g/mol. The Morgan fingerprint density at radius 3 is 2.57 bits per heavy atom. The van der Waals surface area contributed by atoms with Crippen LogP contribution in [0, 0.1) is 12.2 Å². The summed E-state index contributed by atoms with van der Waals surface area (Å²) < 4.78 is 13.7. The van der Waals surface area contributed by atoms with Gasteiger partial charge in [-0.15, -0.1) is 0 Å². The standard InChI is InChI=1S/C17H15FN3/c18-15-11-5-4-10-14(15)17-19-16(20-21-17)12-6-9-13-7-2-1-3-8-13/h1-5,7-8,10-12H,6,9H2,(H,19,20,21). The van der Waals surface area contributed by atoms with Gasteiger partial charge in [0.05, 0.1) is 5.56 Å². The van der Waals surface area contributed by atoms with Crippen molar-refractivity contribution >= 4 is 0 Å². The Kier molecular flexibility index (Phi) is 4.05. The van der Waals surface area contributed by atoms with Gasteiger partial charge in [-0.1, -0.05) is 42.5 Å². The Labute approximate surface area is 122 Å². The maximum atomic E-state index is 13.7. The molecule has 3 rings (SSSR count). The number of hydrogen-bond acceptors (Lipinski definition) is 2. The minimum absolute atomic E-state index is 0.313. The summed E-state index contributed by atoms with van der Waals surface area (Å²) in [4.78, 5) is 4.31. The molecule has 1 radical (unpaired) electrons. The summed E-state index contributed by atoms with van der Waals surface area (Å²) in [5.74, 6) is 0.746. The quantitative estimate of drug-likeness (QED) is 0.772. The Bertz CT molecular complexity index is 707. The van der Waals surface area contributed by atoms with Gasteiger partial charge in [0.25, 0.3) is 0 Å². The third kappa shape index (κ3) is 3.34. The van der Waals surface area contributed by atoms with Gasteiger partial charge in [0.15, 0.2) is 5.82 Å². The van der Waals surface area contributed by atoms with E-state index in [0.29, 0.717) is 17.2 Å². The van der Waals surface area contributed by atoms with Gasteiger partial charge in [-0.3, -0.25) is 5.10 Å². The predicted molar refractivity (Wildman–Crippen MR) is 79.9 cm³/mol. The van der Waals surface area contributed by atoms with Crippen LogP contribution in [0.5, 0.6) is 0 Å². The summed E-state index contributed by atoms with van der Waals surface area (Å²) >= 11 is 0. The van der Waals surface area contributed by atoms with Crippen LogP contribution in [0.4, 0.5) is 4.39 Å². The van der Waals surface area contributed by atoms with Crippen molar-refractivity contribution in [3.05, 3.63) is 78.2 Å². The van der Waals surface area contributed by atoms with Crippen LogP contribution in [0.3, 0.4) is 0 Å². The van der Waals surface area contributed by atoms with Crippen molar-refractivity contribution in [2.75, 3.05) is 0 Å². The first-order chi connectivity index (χ1) is 10.3. The van der Waals surface area contributed by atoms with Crippen molar-refractivity contribution in [1.29, 1.82) is 0 Å². The van der Waals surface area contributed by atoms with Gasteiger partial charge in [-0.2, -0.15) is 5.10 Å². The van der Waals surface area contributed by atoms with Crippen molar-refractivity contribution in [1.82, 2.24) is 15.2 Å². The lowest BCUT2D eigenvalue weighted by molar-refractivity contribution is 0.630. The summed E-state index contributed by atoms with van der Waals surface area (Å²) in [5, 5.41) is 6.90. The highest BCUT2D eigenvalue weighted by Gasteiger charge is 2.10. The predicted octanol–water partition coefficient (Wildman–Crippen LogP) is 3.80. The average molecular weight is 280 g/mol. The highest BCUT2D eigenvalue weighted by molar-refractivity contribution is 5.55. The molecule has 3 nitrogen and oxygen atoms in total. The summed E-state index contributed by atoms with van der Waals surface area (Å²) in [7, 11) is 0. The lowest BCUT2D eigenvalue weighted by Gasteiger charge is -1.98. The van der Waals surface area contributed by atoms with Crippen LogP contribution in [-0.4, -0.2) is 15.2 Å². The zero-order valence-electron chi connectivity index (χ0n) is 11.5. The zero-order valence-corrected chi connectivity index (χ0v) is 11.5. The molecule has 4 heteroatoms. The lowest BCUT2D eigenvalue weighted by Crippen LogP contribution is -1.90. The maximum absolute atomic E-state index is 13.7. The van der Waals surface area contributed by atoms with Gasteiger partial charge in [-0.05, 0) is 30.5 Å². The zero-order chi connectivity index (χ0) is 14.5. The number of hydrogen-bond donors (Lipinski definition) is 1. The SMILES string of the molecule is Fc1ccccc1-c1n[nH]c([CH]CCc2ccccc2)n1. The van der Waals surface area contributed by atoms with Crippen LogP contribution in [0.1, 0.15) is 17.8 Å². The molecule has 0 bridgehead atoms. The minimum atomic E-state index is -0.313. The minimum Gasteiger partial charge on any atom is -0.262 e. The van der Waals surface area contributed by atoms with Gasteiger partial charge in [0.2, 0.25) is 0 Å². The smallest absolute Gasteiger partial charge is 0.184 e. The molecule has 0 saturated carbocycles. The number of rotatable bonds is 5. The molecule has 1 aromatic heterocycles. The third-order valence-corrected chi connectivity index (χ3v) is 3.23. The summed E-state index contributed by atoms with van der Waals surface area (Å²) in [6.07, 6.45) is 3.77. The molecule has 0 saturated heterocycles. The van der Waals surface area contributed by atoms with Gasteiger partial charge in [-0.25, -0.2) is 9.37 Å². The molecule has 0 unspecified atom stereocenters. The molecule has 0 aliphatic carbocycles. The number of nitrogens with zero attached hydrogens (tertiary/aromatic N) is 2. The van der Waals surface area contributed by atoms with E-state index in [-0.39, 0.29) is 5.82 Å². The van der Waals surface area contributed by atoms with Crippen LogP contribution >= 0.6 is 0 Å². The fourth-order valence-electron chi connectivity index (χ4n) is 2.15. The van der Waals surface area contributed by atoms with Gasteiger partial charge < -0.3 is 0 Å². The van der Waals surface area contributed by atoms with Crippen molar-refractivity contribution in [3.8, 4) is 11.4 Å². The molecular formula is C17H15FN3. The second kappa shape index (κ2) is 6.31. The first-order valence-corrected chi connectivity index (χ1v) is 6.87. The van der Waals surface area contributed by atoms with E-state index >= 15 is 0 Å². The van der Waals surface area contributed by atoms with E-state index in [2.05, 4.69) is 27.3 Å². The van der Waals surface area contributed by atoms with Crippen LogP contribution in [-0.2, 0) is 6.42 Å². The fraction of sp³-hybridized carbons (Fsp3) is 0.118. The molecule has 0 aliphatic rings. The average Bonchev–Trinajstić information content (AvgIpc) is 2.97. The Morgan fingerprint density at radius 1 is 1.00 bits per heavy atom. The highest BCUT2D eigenvalue weighted by atomic mass is 19.1. The molecular weight excluding hydrogens is 265 g/mol. The molecule has 0 spiro atoms. The van der Waals surface area contributed by atoms with Gasteiger partial charge >= 0.3 is 0 Å². The van der Waals surface area contributed by atoms with E-state index in [1.165, 1.54) is 11.6 Å². The Morgan fingerprint density at radius 2 is 1.76 bits per heavy atom. The fourth-order valence-corrected chi connectivity index (χ4v) is 2.15. The number of H-pyrrole nitrogens is 1. The number of aromatic nitrogens is 3. The van der Waals surface area contributed by atoms with Gasteiger partial charge in [0, 0.05) is 6.42 Å². The van der Waals surface area contributed by atoms with Crippen LogP contribution in [0.15, 0.2) is 54.6 Å². The molecule has 0 aliphatic heterocycles. The van der Waals surface area contributed by atoms with Crippen molar-refractivity contribution in [2.45, 2.75) is 12.8 Å². The highest BCUT2D eigenvalue weighted by Crippen LogP contribution is 2.18. The first-order valence-electron chi connectivity index (χ1n) is 6.87. The molecule has 0 fully saturated rings. The molecule has 1 heterocycles. The molecule has 1 N–H and O–H groups in total. The normalized spacial score (nSPS) is 10.7. The number of benzene rings is 2. The maximum Gasteiger partial charge on any atom is 0.184 e. The van der Waals surface area contributed by atoms with Crippen LogP contribution < -0.4 is 0 Å². The Hall–Kier alpha value is -2.49. The topological polar surface area (TPSA) is 41.6 Å². The van der Waals surface area contributed by atoms with Crippen molar-refractivity contribution in [2.24, 2.45) is 0 Å². The number of nitrogens with one attached hydrogen (secondary N) is 1. The molecule has 21 heavy (non-hydrogen) atoms. The second-order valence-electron chi connectivity index (χ2n) is 4.75. The van der Waals surface area contributed by atoms with E-state index in [0.717, 1.165) is 12.8 Å². The second-order valence-corrected chi connectivity index (χ2v) is 4.75. The van der Waals surface area contributed by atoms with E-state index in [4.69, 9.17) is 0 Å². The molecule has 0 atom stereocenters. The molecule has 0 amide bonds. The summed E-state index contributed by atoms with van der Waals surface area (Å²) in [5.41, 5.74) is 1.69. The van der Waals surface area contributed by atoms with Crippen LogP contribution in [0.25, 0.3) is 11.4 Å². The number of aryl methyl sites for hydroxylation is 1. The van der Waals surface area contributed by atoms with E-state index in [1.54, 1.807) is 18.2 Å². The Balaban J connectivity index is 1.62.